The van der Waals surface area contributed by atoms with Gasteiger partial charge in [0.2, 0.25) is 0 Å². The highest BCUT2D eigenvalue weighted by atomic mass is 16.3. The summed E-state index contributed by atoms with van der Waals surface area (Å²) in [6, 6.07) is 1.08. The van der Waals surface area contributed by atoms with Gasteiger partial charge in [0.25, 0.3) is 0 Å². The molecule has 0 aromatic carbocycles. The fraction of sp³-hybridized carbons (Fsp3) is 1.00. The molecule has 0 bridgehead atoms. The van der Waals surface area contributed by atoms with E-state index in [-0.39, 0.29) is 6.10 Å². The number of hydrogen-bond acceptors (Lipinski definition) is 2. The Bertz CT molecular complexity index is 195. The van der Waals surface area contributed by atoms with Gasteiger partial charge in [0.15, 0.2) is 0 Å². The van der Waals surface area contributed by atoms with Gasteiger partial charge in [0, 0.05) is 12.1 Å². The van der Waals surface area contributed by atoms with Crippen LogP contribution in [0.25, 0.3) is 0 Å². The Labute approximate surface area is 93.5 Å². The zero-order chi connectivity index (χ0) is 10.7. The molecule has 4 unspecified atom stereocenters. The predicted molar refractivity (Wildman–Crippen MR) is 62.8 cm³/mol. The minimum absolute atomic E-state index is 0.0839. The molecule has 2 fully saturated rings. The fourth-order valence-corrected chi connectivity index (χ4v) is 3.21. The summed E-state index contributed by atoms with van der Waals surface area (Å²) in [5, 5.41) is 13.6. The van der Waals surface area contributed by atoms with Gasteiger partial charge in [0.1, 0.15) is 0 Å². The lowest BCUT2D eigenvalue weighted by atomic mass is 9.92. The number of aliphatic hydroxyl groups excluding tert-OH is 1. The lowest BCUT2D eigenvalue weighted by Gasteiger charge is -2.31. The van der Waals surface area contributed by atoms with E-state index in [4.69, 9.17) is 0 Å². The summed E-state index contributed by atoms with van der Waals surface area (Å²) < 4.78 is 0. The SMILES string of the molecule is CCC1CCC(NC2CCCCC2O)C1. The van der Waals surface area contributed by atoms with Crippen molar-refractivity contribution in [3.8, 4) is 0 Å². The first kappa shape index (κ1) is 11.4. The Morgan fingerprint density at radius 1 is 1.13 bits per heavy atom. The maximum atomic E-state index is 9.89. The second kappa shape index (κ2) is 5.31. The molecule has 0 amide bonds. The van der Waals surface area contributed by atoms with Crippen LogP contribution in [0.2, 0.25) is 0 Å². The number of hydrogen-bond donors (Lipinski definition) is 2. The summed E-state index contributed by atoms with van der Waals surface area (Å²) in [6.07, 6.45) is 9.96. The molecule has 2 saturated carbocycles. The highest BCUT2D eigenvalue weighted by Crippen LogP contribution is 2.29. The summed E-state index contributed by atoms with van der Waals surface area (Å²) in [5.74, 6) is 0.934. The molecule has 2 aliphatic carbocycles. The summed E-state index contributed by atoms with van der Waals surface area (Å²) in [7, 11) is 0. The Morgan fingerprint density at radius 2 is 1.93 bits per heavy atom. The van der Waals surface area contributed by atoms with Crippen molar-refractivity contribution in [2.75, 3.05) is 0 Å². The first-order valence-corrected chi connectivity index (χ1v) is 6.73. The van der Waals surface area contributed by atoms with E-state index in [0.717, 1.165) is 12.3 Å². The monoisotopic (exact) mass is 211 g/mol. The lowest BCUT2D eigenvalue weighted by molar-refractivity contribution is 0.0849. The van der Waals surface area contributed by atoms with E-state index >= 15 is 0 Å². The van der Waals surface area contributed by atoms with Crippen molar-refractivity contribution in [1.82, 2.24) is 5.32 Å². The molecule has 0 saturated heterocycles. The van der Waals surface area contributed by atoms with Crippen molar-refractivity contribution in [3.63, 3.8) is 0 Å². The lowest BCUT2D eigenvalue weighted by Crippen LogP contribution is -2.46. The second-order valence-corrected chi connectivity index (χ2v) is 5.41. The van der Waals surface area contributed by atoms with E-state index in [2.05, 4.69) is 12.2 Å². The molecular formula is C13H25NO. The predicted octanol–water partition coefficient (Wildman–Crippen LogP) is 2.46. The molecule has 0 aromatic rings. The molecule has 0 aromatic heterocycles. The average molecular weight is 211 g/mol. The molecule has 0 spiro atoms. The molecule has 2 heteroatoms. The van der Waals surface area contributed by atoms with E-state index < -0.39 is 0 Å². The Kier molecular flexibility index (Phi) is 4.04. The van der Waals surface area contributed by atoms with Crippen LogP contribution in [0.4, 0.5) is 0 Å². The molecule has 88 valence electrons. The summed E-state index contributed by atoms with van der Waals surface area (Å²) in [5.41, 5.74) is 0. The largest absolute Gasteiger partial charge is 0.392 e. The van der Waals surface area contributed by atoms with Gasteiger partial charge in [-0.1, -0.05) is 26.2 Å². The number of nitrogens with one attached hydrogen (secondary N) is 1. The van der Waals surface area contributed by atoms with Gasteiger partial charge in [-0.3, -0.25) is 0 Å². The van der Waals surface area contributed by atoms with Crippen LogP contribution in [0.5, 0.6) is 0 Å². The summed E-state index contributed by atoms with van der Waals surface area (Å²) in [6.45, 7) is 2.29. The molecule has 4 atom stereocenters. The molecule has 15 heavy (non-hydrogen) atoms. The third-order valence-corrected chi connectivity index (χ3v) is 4.30. The van der Waals surface area contributed by atoms with E-state index in [1.807, 2.05) is 0 Å². The van der Waals surface area contributed by atoms with Crippen LogP contribution in [0.1, 0.15) is 58.3 Å². The summed E-state index contributed by atoms with van der Waals surface area (Å²) >= 11 is 0. The van der Waals surface area contributed by atoms with Gasteiger partial charge < -0.3 is 10.4 Å². The van der Waals surface area contributed by atoms with E-state index in [9.17, 15) is 5.11 Å². The number of aliphatic hydroxyl groups is 1. The van der Waals surface area contributed by atoms with Gasteiger partial charge in [0.05, 0.1) is 6.10 Å². The van der Waals surface area contributed by atoms with Gasteiger partial charge in [-0.05, 0) is 38.0 Å². The topological polar surface area (TPSA) is 32.3 Å². The van der Waals surface area contributed by atoms with Crippen LogP contribution in [0.3, 0.4) is 0 Å². The zero-order valence-corrected chi connectivity index (χ0v) is 9.91. The van der Waals surface area contributed by atoms with Crippen LogP contribution >= 0.6 is 0 Å². The molecule has 0 radical (unpaired) electrons. The molecule has 2 N–H and O–H groups in total. The third kappa shape index (κ3) is 2.94. The van der Waals surface area contributed by atoms with Crippen molar-refractivity contribution >= 4 is 0 Å². The Balaban J connectivity index is 1.76. The first-order valence-electron chi connectivity index (χ1n) is 6.73. The van der Waals surface area contributed by atoms with Crippen LogP contribution < -0.4 is 5.32 Å². The smallest absolute Gasteiger partial charge is 0.0693 e. The third-order valence-electron chi connectivity index (χ3n) is 4.30. The first-order chi connectivity index (χ1) is 7.29. The van der Waals surface area contributed by atoms with E-state index in [0.29, 0.717) is 12.1 Å². The summed E-state index contributed by atoms with van der Waals surface area (Å²) in [4.78, 5) is 0. The Morgan fingerprint density at radius 3 is 2.60 bits per heavy atom. The van der Waals surface area contributed by atoms with Crippen molar-refractivity contribution in [1.29, 1.82) is 0 Å². The molecule has 2 nitrogen and oxygen atoms in total. The van der Waals surface area contributed by atoms with E-state index in [1.165, 1.54) is 44.9 Å². The maximum absolute atomic E-state index is 9.89. The minimum Gasteiger partial charge on any atom is -0.392 e. The highest BCUT2D eigenvalue weighted by molar-refractivity contribution is 4.87. The number of rotatable bonds is 3. The zero-order valence-electron chi connectivity index (χ0n) is 9.91. The normalized spacial score (nSPS) is 42.0. The van der Waals surface area contributed by atoms with Crippen molar-refractivity contribution in [2.45, 2.75) is 76.5 Å². The highest BCUT2D eigenvalue weighted by Gasteiger charge is 2.29. The maximum Gasteiger partial charge on any atom is 0.0693 e. The molecule has 0 aliphatic heterocycles. The average Bonchev–Trinajstić information content (AvgIpc) is 2.69. The van der Waals surface area contributed by atoms with Gasteiger partial charge in [-0.15, -0.1) is 0 Å². The Hall–Kier alpha value is -0.0800. The van der Waals surface area contributed by atoms with Gasteiger partial charge in [-0.2, -0.15) is 0 Å². The van der Waals surface area contributed by atoms with Crippen molar-refractivity contribution in [3.05, 3.63) is 0 Å². The van der Waals surface area contributed by atoms with Crippen LogP contribution in [0, 0.1) is 5.92 Å². The van der Waals surface area contributed by atoms with Crippen molar-refractivity contribution in [2.24, 2.45) is 5.92 Å². The van der Waals surface area contributed by atoms with Crippen LogP contribution in [-0.4, -0.2) is 23.3 Å². The van der Waals surface area contributed by atoms with Gasteiger partial charge in [-0.25, -0.2) is 0 Å². The standard InChI is InChI=1S/C13H25NO/c1-2-10-7-8-11(9-10)14-12-5-3-4-6-13(12)15/h10-15H,2-9H2,1H3. The van der Waals surface area contributed by atoms with Crippen molar-refractivity contribution < 1.29 is 5.11 Å². The quantitative estimate of drug-likeness (QED) is 0.751. The van der Waals surface area contributed by atoms with Gasteiger partial charge >= 0.3 is 0 Å². The molecular weight excluding hydrogens is 186 g/mol. The molecule has 0 heterocycles. The van der Waals surface area contributed by atoms with Crippen LogP contribution in [-0.2, 0) is 0 Å². The minimum atomic E-state index is -0.0839. The molecule has 2 rings (SSSR count). The van der Waals surface area contributed by atoms with E-state index in [1.54, 1.807) is 0 Å². The van der Waals surface area contributed by atoms with Crippen LogP contribution in [0.15, 0.2) is 0 Å². The second-order valence-electron chi connectivity index (χ2n) is 5.41. The fourth-order valence-electron chi connectivity index (χ4n) is 3.21. The molecule has 2 aliphatic rings.